The average molecular weight is 605 g/mol. The molecule has 3 aromatic rings. The van der Waals surface area contributed by atoms with E-state index in [-0.39, 0.29) is 17.3 Å². The SMILES string of the molecule is O=C(CN(c1ccc(I)cc1)S(=O)(=O)c1ccccc1)NCc1ccc(CN2CCOCC2)cc1. The molecule has 0 saturated carbocycles. The molecule has 1 heterocycles. The predicted octanol–water partition coefficient (Wildman–Crippen LogP) is 3.64. The Morgan fingerprint density at radius 1 is 0.914 bits per heavy atom. The van der Waals surface area contributed by atoms with Crippen molar-refractivity contribution in [1.29, 1.82) is 0 Å². The van der Waals surface area contributed by atoms with E-state index in [2.05, 4.69) is 44.9 Å². The van der Waals surface area contributed by atoms with Crippen molar-refractivity contribution in [2.24, 2.45) is 0 Å². The van der Waals surface area contributed by atoms with Crippen LogP contribution in [0.4, 0.5) is 5.69 Å². The second kappa shape index (κ2) is 12.0. The number of carbonyl (C=O) groups is 1. The molecule has 0 atom stereocenters. The van der Waals surface area contributed by atoms with Gasteiger partial charge in [-0.2, -0.15) is 0 Å². The Morgan fingerprint density at radius 3 is 2.20 bits per heavy atom. The van der Waals surface area contributed by atoms with Crippen LogP contribution < -0.4 is 9.62 Å². The molecule has 1 fully saturated rings. The van der Waals surface area contributed by atoms with Crippen LogP contribution in [-0.4, -0.2) is 52.1 Å². The minimum atomic E-state index is -3.91. The van der Waals surface area contributed by atoms with Crippen molar-refractivity contribution in [3.05, 3.63) is 93.6 Å². The summed E-state index contributed by atoms with van der Waals surface area (Å²) in [6.45, 7) is 4.28. The van der Waals surface area contributed by atoms with Crippen molar-refractivity contribution in [2.75, 3.05) is 37.2 Å². The Labute approximate surface area is 220 Å². The first-order chi connectivity index (χ1) is 16.9. The number of carbonyl (C=O) groups excluding carboxylic acids is 1. The van der Waals surface area contributed by atoms with Gasteiger partial charge < -0.3 is 10.1 Å². The fourth-order valence-corrected chi connectivity index (χ4v) is 5.61. The van der Waals surface area contributed by atoms with Crippen molar-refractivity contribution >= 4 is 44.2 Å². The number of rotatable bonds is 9. The van der Waals surface area contributed by atoms with Gasteiger partial charge in [0.05, 0.1) is 23.8 Å². The summed E-state index contributed by atoms with van der Waals surface area (Å²) in [6.07, 6.45) is 0. The fourth-order valence-electron chi connectivity index (χ4n) is 3.81. The second-order valence-electron chi connectivity index (χ2n) is 8.28. The summed E-state index contributed by atoms with van der Waals surface area (Å²) in [7, 11) is -3.91. The van der Waals surface area contributed by atoms with E-state index in [0.29, 0.717) is 12.2 Å². The van der Waals surface area contributed by atoms with E-state index < -0.39 is 10.0 Å². The molecule has 9 heteroatoms. The summed E-state index contributed by atoms with van der Waals surface area (Å²) < 4.78 is 34.2. The van der Waals surface area contributed by atoms with Crippen LogP contribution in [0.1, 0.15) is 11.1 Å². The monoisotopic (exact) mass is 605 g/mol. The molecule has 184 valence electrons. The van der Waals surface area contributed by atoms with E-state index in [1.165, 1.54) is 17.7 Å². The van der Waals surface area contributed by atoms with Crippen molar-refractivity contribution in [3.63, 3.8) is 0 Å². The van der Waals surface area contributed by atoms with Crippen molar-refractivity contribution in [1.82, 2.24) is 10.2 Å². The standard InChI is InChI=1S/C26H28IN3O4S/c27-23-10-12-24(13-11-23)30(35(32,33)25-4-2-1-3-5-25)20-26(31)28-18-21-6-8-22(9-7-21)19-29-14-16-34-17-15-29/h1-13H,14-20H2,(H,28,31). The second-order valence-corrected chi connectivity index (χ2v) is 11.4. The smallest absolute Gasteiger partial charge is 0.264 e. The predicted molar refractivity (Wildman–Crippen MR) is 145 cm³/mol. The first kappa shape index (κ1) is 25.6. The summed E-state index contributed by atoms with van der Waals surface area (Å²) >= 11 is 2.16. The van der Waals surface area contributed by atoms with Gasteiger partial charge >= 0.3 is 0 Å². The number of anilines is 1. The Bertz CT molecular complexity index is 1210. The number of halogens is 1. The molecule has 0 unspecified atom stereocenters. The first-order valence-corrected chi connectivity index (χ1v) is 13.9. The molecule has 0 radical (unpaired) electrons. The molecule has 1 amide bonds. The first-order valence-electron chi connectivity index (χ1n) is 11.4. The van der Waals surface area contributed by atoms with Crippen LogP contribution in [0.15, 0.2) is 83.8 Å². The average Bonchev–Trinajstić information content (AvgIpc) is 2.88. The number of amides is 1. The van der Waals surface area contributed by atoms with Crippen molar-refractivity contribution in [2.45, 2.75) is 18.0 Å². The van der Waals surface area contributed by atoms with Gasteiger partial charge in [-0.05, 0) is 70.1 Å². The van der Waals surface area contributed by atoms with Gasteiger partial charge in [-0.3, -0.25) is 14.0 Å². The number of nitrogens with zero attached hydrogens (tertiary/aromatic N) is 2. The maximum absolute atomic E-state index is 13.4. The van der Waals surface area contributed by atoms with Crippen molar-refractivity contribution < 1.29 is 17.9 Å². The number of nitrogens with one attached hydrogen (secondary N) is 1. The highest BCUT2D eigenvalue weighted by molar-refractivity contribution is 14.1. The Kier molecular flexibility index (Phi) is 8.77. The zero-order valence-electron chi connectivity index (χ0n) is 19.3. The molecule has 3 aromatic carbocycles. The lowest BCUT2D eigenvalue weighted by atomic mass is 10.1. The molecular formula is C26H28IN3O4S. The highest BCUT2D eigenvalue weighted by Gasteiger charge is 2.27. The highest BCUT2D eigenvalue weighted by Crippen LogP contribution is 2.24. The third-order valence-corrected chi connectivity index (χ3v) is 8.26. The molecular weight excluding hydrogens is 577 g/mol. The zero-order chi connectivity index (χ0) is 24.7. The maximum Gasteiger partial charge on any atom is 0.264 e. The van der Waals surface area contributed by atoms with E-state index in [9.17, 15) is 13.2 Å². The van der Waals surface area contributed by atoms with Crippen LogP contribution in [0.2, 0.25) is 0 Å². The lowest BCUT2D eigenvalue weighted by Gasteiger charge is -2.26. The maximum atomic E-state index is 13.4. The molecule has 1 N–H and O–H groups in total. The normalized spacial score (nSPS) is 14.4. The Hall–Kier alpha value is -2.47. The molecule has 7 nitrogen and oxygen atoms in total. The van der Waals surface area contributed by atoms with E-state index in [1.807, 2.05) is 24.3 Å². The van der Waals surface area contributed by atoms with Gasteiger partial charge in [0, 0.05) is 29.7 Å². The minimum Gasteiger partial charge on any atom is -0.379 e. The van der Waals surface area contributed by atoms with Crippen molar-refractivity contribution in [3.8, 4) is 0 Å². The van der Waals surface area contributed by atoms with E-state index in [4.69, 9.17) is 4.74 Å². The van der Waals surface area contributed by atoms with Gasteiger partial charge in [-0.15, -0.1) is 0 Å². The fraction of sp³-hybridized carbons (Fsp3) is 0.269. The number of morpholine rings is 1. The largest absolute Gasteiger partial charge is 0.379 e. The third-order valence-electron chi connectivity index (χ3n) is 5.76. The lowest BCUT2D eigenvalue weighted by Crippen LogP contribution is -2.40. The minimum absolute atomic E-state index is 0.141. The molecule has 1 aliphatic heterocycles. The summed E-state index contributed by atoms with van der Waals surface area (Å²) in [6, 6.07) is 23.3. The van der Waals surface area contributed by atoms with Crippen LogP contribution in [-0.2, 0) is 32.6 Å². The van der Waals surface area contributed by atoms with E-state index in [0.717, 1.165) is 46.3 Å². The van der Waals surface area contributed by atoms with Gasteiger partial charge in [0.2, 0.25) is 5.91 Å². The summed E-state index contributed by atoms with van der Waals surface area (Å²) in [5.74, 6) is -0.375. The Balaban J connectivity index is 1.41. The summed E-state index contributed by atoms with van der Waals surface area (Å²) in [5.41, 5.74) is 2.61. The lowest BCUT2D eigenvalue weighted by molar-refractivity contribution is -0.119. The van der Waals surface area contributed by atoms with Gasteiger partial charge in [0.25, 0.3) is 10.0 Å². The van der Waals surface area contributed by atoms with Crippen LogP contribution in [0.5, 0.6) is 0 Å². The van der Waals surface area contributed by atoms with Crippen LogP contribution in [0.25, 0.3) is 0 Å². The van der Waals surface area contributed by atoms with Crippen LogP contribution in [0.3, 0.4) is 0 Å². The number of ether oxygens (including phenoxy) is 1. The number of hydrogen-bond acceptors (Lipinski definition) is 5. The number of hydrogen-bond donors (Lipinski definition) is 1. The molecule has 4 rings (SSSR count). The Morgan fingerprint density at radius 2 is 1.54 bits per heavy atom. The highest BCUT2D eigenvalue weighted by atomic mass is 127. The third kappa shape index (κ3) is 7.03. The van der Waals surface area contributed by atoms with Gasteiger partial charge in [-0.1, -0.05) is 42.5 Å². The molecule has 0 bridgehead atoms. The van der Waals surface area contributed by atoms with Crippen LogP contribution >= 0.6 is 22.6 Å². The summed E-state index contributed by atoms with van der Waals surface area (Å²) in [5, 5.41) is 2.86. The molecule has 35 heavy (non-hydrogen) atoms. The zero-order valence-corrected chi connectivity index (χ0v) is 22.2. The quantitative estimate of drug-likeness (QED) is 0.377. The van der Waals surface area contributed by atoms with Crippen LogP contribution in [0, 0.1) is 3.57 Å². The summed E-state index contributed by atoms with van der Waals surface area (Å²) in [4.78, 5) is 15.3. The van der Waals surface area contributed by atoms with Gasteiger partial charge in [-0.25, -0.2) is 8.42 Å². The topological polar surface area (TPSA) is 79.0 Å². The van der Waals surface area contributed by atoms with E-state index in [1.54, 1.807) is 30.3 Å². The molecule has 0 aromatic heterocycles. The van der Waals surface area contributed by atoms with Gasteiger partial charge in [0.1, 0.15) is 6.54 Å². The van der Waals surface area contributed by atoms with E-state index >= 15 is 0 Å². The van der Waals surface area contributed by atoms with Gasteiger partial charge in [0.15, 0.2) is 0 Å². The molecule has 0 spiro atoms. The molecule has 1 saturated heterocycles. The molecule has 1 aliphatic rings. The number of sulfonamides is 1. The number of benzene rings is 3. The molecule has 0 aliphatic carbocycles.